The molecule has 6 nitrogen and oxygen atoms in total. The van der Waals surface area contributed by atoms with E-state index in [1.54, 1.807) is 0 Å². The van der Waals surface area contributed by atoms with Gasteiger partial charge in [0.2, 0.25) is 0 Å². The molecule has 2 aliphatic rings. The number of imidazole rings is 2. The maximum atomic E-state index is 7.40. The molecule has 2 aromatic heterocycles. The van der Waals surface area contributed by atoms with E-state index in [1.165, 1.54) is 67.2 Å². The number of nitrogens with zero attached hydrogens (tertiary/aromatic N) is 4. The molecule has 0 N–H and O–H groups in total. The normalized spacial score (nSPS) is 17.3. The standard InChI is InChI=1S/C56H64N4O2/c1-35(2)40-25-20-26-41(36(3)4)52(40)58-48-31-17-16-30-47(48)57(9)54(58)45-24-14-15-29-46(45)56(62-11)51(61-10)34-39-22-12-13-23-44(39)55-59(49-32-18-19-33-50(49)60(55)56)53-42(37(5)6)27-21-28-43(53)38(7)8/h12-18,20-32,35-38,51H,19,33-34H2,1-11H3/q+2. The van der Waals surface area contributed by atoms with E-state index in [4.69, 9.17) is 9.47 Å². The maximum Gasteiger partial charge on any atom is 0.297 e. The maximum absolute atomic E-state index is 7.40. The Labute approximate surface area is 369 Å². The van der Waals surface area contributed by atoms with Gasteiger partial charge in [0.05, 0.1) is 18.2 Å². The Hall–Kier alpha value is -5.56. The molecule has 5 aromatic carbocycles. The van der Waals surface area contributed by atoms with Gasteiger partial charge in [-0.15, -0.1) is 0 Å². The lowest BCUT2D eigenvalue weighted by Gasteiger charge is -2.37. The number of para-hydroxylation sites is 4. The molecule has 0 amide bonds. The van der Waals surface area contributed by atoms with Crippen LogP contribution in [-0.2, 0) is 35.1 Å². The summed E-state index contributed by atoms with van der Waals surface area (Å²) < 4.78 is 24.4. The number of methoxy groups -OCH3 is 2. The Morgan fingerprint density at radius 3 is 1.85 bits per heavy atom. The molecule has 9 rings (SSSR count). The average Bonchev–Trinajstić information content (AvgIpc) is 3.73. The highest BCUT2D eigenvalue weighted by molar-refractivity contribution is 5.81. The van der Waals surface area contributed by atoms with Crippen LogP contribution in [0.25, 0.3) is 51.3 Å². The fourth-order valence-corrected chi connectivity index (χ4v) is 10.9. The van der Waals surface area contributed by atoms with Crippen molar-refractivity contribution in [1.29, 1.82) is 0 Å². The van der Waals surface area contributed by atoms with Crippen LogP contribution < -0.4 is 9.13 Å². The smallest absolute Gasteiger partial charge is 0.297 e. The fourth-order valence-electron chi connectivity index (χ4n) is 10.9. The zero-order chi connectivity index (χ0) is 43.6. The van der Waals surface area contributed by atoms with Crippen LogP contribution in [-0.4, -0.2) is 29.5 Å². The third-order valence-corrected chi connectivity index (χ3v) is 13.8. The summed E-state index contributed by atoms with van der Waals surface area (Å²) >= 11 is 0. The molecule has 318 valence electrons. The SMILES string of the molecule is COC1Cc2ccccc2-c2n(c3c([n+]2-c2c(C(C)C)cccc2C(C)C)C=CCC3)C1(OC)c1ccccc1-c1n(-c2c(C(C)C)cccc2C(C)C)c2ccccc2[n+]1C. The number of fused-ring (bicyclic) bond motifs is 6. The van der Waals surface area contributed by atoms with Gasteiger partial charge < -0.3 is 9.47 Å². The number of ether oxygens (including phenoxy) is 2. The van der Waals surface area contributed by atoms with Crippen LogP contribution >= 0.6 is 0 Å². The van der Waals surface area contributed by atoms with Gasteiger partial charge in [0, 0.05) is 54.9 Å². The summed E-state index contributed by atoms with van der Waals surface area (Å²) in [6.07, 6.45) is 6.79. The third-order valence-electron chi connectivity index (χ3n) is 13.8. The first-order valence-electron chi connectivity index (χ1n) is 22.8. The van der Waals surface area contributed by atoms with Gasteiger partial charge in [0.15, 0.2) is 22.4 Å². The van der Waals surface area contributed by atoms with E-state index in [0.29, 0.717) is 30.1 Å². The minimum Gasteiger partial charge on any atom is -0.373 e. The molecule has 2 atom stereocenters. The molecule has 2 unspecified atom stereocenters. The highest BCUT2D eigenvalue weighted by atomic mass is 16.6. The van der Waals surface area contributed by atoms with Crippen LogP contribution in [0.1, 0.15) is 130 Å². The first-order valence-corrected chi connectivity index (χ1v) is 22.8. The van der Waals surface area contributed by atoms with E-state index in [2.05, 4.69) is 202 Å². The lowest BCUT2D eigenvalue weighted by Crippen LogP contribution is -2.51. The molecule has 0 fully saturated rings. The van der Waals surface area contributed by atoms with Crippen molar-refractivity contribution >= 4 is 17.1 Å². The third kappa shape index (κ3) is 6.27. The van der Waals surface area contributed by atoms with Crippen LogP contribution in [0.5, 0.6) is 0 Å². The van der Waals surface area contributed by atoms with Crippen molar-refractivity contribution in [3.8, 4) is 34.2 Å². The van der Waals surface area contributed by atoms with E-state index in [-0.39, 0.29) is 0 Å². The average molecular weight is 825 g/mol. The summed E-state index contributed by atoms with van der Waals surface area (Å²) in [5, 5.41) is 0. The van der Waals surface area contributed by atoms with E-state index in [9.17, 15) is 0 Å². The van der Waals surface area contributed by atoms with Crippen molar-refractivity contribution in [2.75, 3.05) is 14.2 Å². The fraction of sp³-hybridized carbons (Fsp3) is 0.357. The van der Waals surface area contributed by atoms with Crippen LogP contribution in [0, 0.1) is 0 Å². The zero-order valence-electron chi connectivity index (χ0n) is 38.7. The minimum atomic E-state index is -1.10. The van der Waals surface area contributed by atoms with Crippen LogP contribution in [0.3, 0.4) is 0 Å². The summed E-state index contributed by atoms with van der Waals surface area (Å²) in [5.74, 6) is 3.46. The summed E-state index contributed by atoms with van der Waals surface area (Å²) in [6.45, 7) is 18.6. The predicted octanol–water partition coefficient (Wildman–Crippen LogP) is 12.2. The van der Waals surface area contributed by atoms with E-state index in [1.807, 2.05) is 14.2 Å². The van der Waals surface area contributed by atoms with Crippen molar-refractivity contribution in [2.24, 2.45) is 7.05 Å². The van der Waals surface area contributed by atoms with E-state index < -0.39 is 11.8 Å². The van der Waals surface area contributed by atoms with Crippen molar-refractivity contribution in [3.05, 3.63) is 160 Å². The lowest BCUT2D eigenvalue weighted by molar-refractivity contribution is -0.633. The zero-order valence-corrected chi connectivity index (χ0v) is 38.7. The van der Waals surface area contributed by atoms with Crippen molar-refractivity contribution in [1.82, 2.24) is 9.13 Å². The second kappa shape index (κ2) is 16.3. The van der Waals surface area contributed by atoms with Crippen molar-refractivity contribution in [2.45, 2.75) is 110 Å². The molecule has 7 aromatic rings. The molecule has 3 heterocycles. The van der Waals surface area contributed by atoms with Crippen LogP contribution in [0.4, 0.5) is 0 Å². The monoisotopic (exact) mass is 825 g/mol. The topological polar surface area (TPSA) is 36.1 Å². The van der Waals surface area contributed by atoms with Gasteiger partial charge in [0.25, 0.3) is 17.4 Å². The summed E-state index contributed by atoms with van der Waals surface area (Å²) in [7, 11) is 6.00. The molecule has 0 bridgehead atoms. The number of aromatic nitrogens is 4. The van der Waals surface area contributed by atoms with E-state index in [0.717, 1.165) is 35.6 Å². The van der Waals surface area contributed by atoms with Crippen molar-refractivity contribution in [3.63, 3.8) is 0 Å². The number of allylic oxidation sites excluding steroid dienone is 1. The largest absolute Gasteiger partial charge is 0.373 e. The predicted molar refractivity (Wildman–Crippen MR) is 254 cm³/mol. The molecule has 0 spiro atoms. The number of benzene rings is 5. The molecule has 62 heavy (non-hydrogen) atoms. The van der Waals surface area contributed by atoms with Gasteiger partial charge in [-0.1, -0.05) is 146 Å². The van der Waals surface area contributed by atoms with Gasteiger partial charge in [-0.25, -0.2) is 4.57 Å². The Morgan fingerprint density at radius 1 is 0.645 bits per heavy atom. The Bertz CT molecular complexity index is 2800. The quantitative estimate of drug-likeness (QED) is 0.129. The first-order chi connectivity index (χ1) is 30.0. The van der Waals surface area contributed by atoms with Crippen LogP contribution in [0.15, 0.2) is 115 Å². The lowest BCUT2D eigenvalue weighted by atomic mass is 9.87. The van der Waals surface area contributed by atoms with Gasteiger partial charge in [-0.2, -0.15) is 13.7 Å². The number of hydrogen-bond acceptors (Lipinski definition) is 2. The molecule has 6 heteroatoms. The number of hydrogen-bond donors (Lipinski definition) is 0. The molecular formula is C56H64N4O2+2. The summed E-state index contributed by atoms with van der Waals surface area (Å²) in [4.78, 5) is 0. The van der Waals surface area contributed by atoms with E-state index >= 15 is 0 Å². The molecule has 0 radical (unpaired) electrons. The molecule has 1 aliphatic heterocycles. The van der Waals surface area contributed by atoms with Gasteiger partial charge >= 0.3 is 0 Å². The molecular weight excluding hydrogens is 761 g/mol. The van der Waals surface area contributed by atoms with Crippen molar-refractivity contribution < 1.29 is 18.6 Å². The Kier molecular flexibility index (Phi) is 11.0. The van der Waals surface area contributed by atoms with Gasteiger partial charge in [0.1, 0.15) is 17.5 Å². The second-order valence-corrected chi connectivity index (χ2v) is 18.7. The second-order valence-electron chi connectivity index (χ2n) is 18.7. The first kappa shape index (κ1) is 41.8. The Morgan fingerprint density at radius 2 is 1.23 bits per heavy atom. The highest BCUT2D eigenvalue weighted by Crippen LogP contribution is 2.49. The molecule has 1 aliphatic carbocycles. The van der Waals surface area contributed by atoms with Gasteiger partial charge in [-0.05, 0) is 66.0 Å². The van der Waals surface area contributed by atoms with Crippen LogP contribution in [0.2, 0.25) is 0 Å². The summed E-state index contributed by atoms with van der Waals surface area (Å²) in [5.41, 5.74) is 16.2. The van der Waals surface area contributed by atoms with Gasteiger partial charge in [-0.3, -0.25) is 0 Å². The molecule has 0 saturated carbocycles. The number of aryl methyl sites for hydroxylation is 1. The number of rotatable bonds is 10. The Balaban J connectivity index is 1.47. The minimum absolute atomic E-state index is 0.307. The summed E-state index contributed by atoms with van der Waals surface area (Å²) in [6, 6.07) is 40.6. The molecule has 0 saturated heterocycles. The highest BCUT2D eigenvalue weighted by Gasteiger charge is 2.57.